The van der Waals surface area contributed by atoms with Gasteiger partial charge in [0.1, 0.15) is 10.7 Å². The van der Waals surface area contributed by atoms with Crippen LogP contribution in [0.25, 0.3) is 0 Å². The molecule has 0 aliphatic carbocycles. The largest absolute Gasteiger partial charge is 0.477 e. The molecule has 0 bridgehead atoms. The summed E-state index contributed by atoms with van der Waals surface area (Å²) in [6, 6.07) is 4.87. The summed E-state index contributed by atoms with van der Waals surface area (Å²) in [4.78, 5) is 14.9. The van der Waals surface area contributed by atoms with Crippen LogP contribution in [0.1, 0.15) is 33.8 Å². The highest BCUT2D eigenvalue weighted by Gasteiger charge is 2.12. The first-order chi connectivity index (χ1) is 8.97. The number of hydrogen-bond acceptors (Lipinski definition) is 4. The molecule has 0 aliphatic rings. The van der Waals surface area contributed by atoms with Crippen molar-refractivity contribution in [2.75, 3.05) is 5.32 Å². The molecule has 0 radical (unpaired) electrons. The summed E-state index contributed by atoms with van der Waals surface area (Å²) < 4.78 is 13.5. The summed E-state index contributed by atoms with van der Waals surface area (Å²) in [5.74, 6) is -1.25. The highest BCUT2D eigenvalue weighted by atomic mass is 32.1. The van der Waals surface area contributed by atoms with Crippen LogP contribution in [0.15, 0.2) is 24.4 Å². The number of thiazole rings is 1. The van der Waals surface area contributed by atoms with Crippen LogP contribution in [0, 0.1) is 12.7 Å². The number of nitrogens with one attached hydrogen (secondary N) is 1. The van der Waals surface area contributed by atoms with Gasteiger partial charge in [0.15, 0.2) is 5.13 Å². The molecule has 0 fully saturated rings. The van der Waals surface area contributed by atoms with E-state index in [9.17, 15) is 9.18 Å². The Bertz CT molecular complexity index is 612. The number of halogens is 1. The van der Waals surface area contributed by atoms with Crippen molar-refractivity contribution >= 4 is 22.4 Å². The van der Waals surface area contributed by atoms with Crippen molar-refractivity contribution in [2.45, 2.75) is 19.9 Å². The number of carbonyl (C=O) groups is 1. The maximum Gasteiger partial charge on any atom is 0.347 e. The molecule has 0 saturated heterocycles. The Labute approximate surface area is 113 Å². The lowest BCUT2D eigenvalue weighted by Gasteiger charge is -2.13. The Kier molecular flexibility index (Phi) is 3.80. The Hall–Kier alpha value is -1.95. The number of aromatic nitrogens is 1. The molecule has 2 aromatic rings. The van der Waals surface area contributed by atoms with Gasteiger partial charge >= 0.3 is 5.97 Å². The number of carboxylic acids is 1. The SMILES string of the molecule is Cc1ccc(C(C)Nc2ncc(C(=O)O)s2)cc1F. The summed E-state index contributed by atoms with van der Waals surface area (Å²) in [6.07, 6.45) is 1.30. The molecule has 1 aromatic carbocycles. The van der Waals surface area contributed by atoms with Crippen LogP contribution in [0.3, 0.4) is 0 Å². The third-order valence-corrected chi connectivity index (χ3v) is 3.67. The number of benzene rings is 1. The van der Waals surface area contributed by atoms with E-state index in [1.807, 2.05) is 13.0 Å². The molecule has 1 heterocycles. The Morgan fingerprint density at radius 3 is 2.84 bits per heavy atom. The topological polar surface area (TPSA) is 62.2 Å². The van der Waals surface area contributed by atoms with Gasteiger partial charge < -0.3 is 10.4 Å². The van der Waals surface area contributed by atoms with Crippen LogP contribution in [0.4, 0.5) is 9.52 Å². The van der Waals surface area contributed by atoms with Gasteiger partial charge in [-0.15, -0.1) is 0 Å². The molecule has 0 saturated carbocycles. The van der Waals surface area contributed by atoms with Crippen LogP contribution in [0.2, 0.25) is 0 Å². The summed E-state index contributed by atoms with van der Waals surface area (Å²) in [7, 11) is 0. The van der Waals surface area contributed by atoms with Crippen molar-refractivity contribution < 1.29 is 14.3 Å². The lowest BCUT2D eigenvalue weighted by atomic mass is 10.1. The van der Waals surface area contributed by atoms with Gasteiger partial charge in [0.25, 0.3) is 0 Å². The van der Waals surface area contributed by atoms with Gasteiger partial charge in [-0.1, -0.05) is 23.5 Å². The fourth-order valence-corrected chi connectivity index (χ4v) is 2.33. The lowest BCUT2D eigenvalue weighted by molar-refractivity contribution is 0.0702. The summed E-state index contributed by atoms with van der Waals surface area (Å²) in [5.41, 5.74) is 1.38. The molecular weight excluding hydrogens is 267 g/mol. The fourth-order valence-electron chi connectivity index (χ4n) is 1.59. The van der Waals surface area contributed by atoms with Gasteiger partial charge in [-0.25, -0.2) is 14.2 Å². The van der Waals surface area contributed by atoms with Crippen molar-refractivity contribution in [1.82, 2.24) is 4.98 Å². The van der Waals surface area contributed by atoms with Crippen molar-refractivity contribution in [3.8, 4) is 0 Å². The zero-order valence-electron chi connectivity index (χ0n) is 10.5. The Morgan fingerprint density at radius 1 is 1.53 bits per heavy atom. The average molecular weight is 280 g/mol. The van der Waals surface area contributed by atoms with Crippen LogP contribution in [-0.4, -0.2) is 16.1 Å². The normalized spacial score (nSPS) is 12.2. The number of anilines is 1. The second kappa shape index (κ2) is 5.36. The van der Waals surface area contributed by atoms with Gasteiger partial charge in [0, 0.05) is 0 Å². The Morgan fingerprint density at radius 2 is 2.26 bits per heavy atom. The zero-order valence-corrected chi connectivity index (χ0v) is 11.3. The van der Waals surface area contributed by atoms with E-state index in [0.29, 0.717) is 10.7 Å². The molecule has 1 unspecified atom stereocenters. The molecule has 0 amide bonds. The Balaban J connectivity index is 2.13. The molecule has 1 aromatic heterocycles. The summed E-state index contributed by atoms with van der Waals surface area (Å²) in [5, 5.41) is 12.4. The van der Waals surface area contributed by atoms with E-state index in [4.69, 9.17) is 5.11 Å². The van der Waals surface area contributed by atoms with Crippen LogP contribution in [0.5, 0.6) is 0 Å². The zero-order chi connectivity index (χ0) is 14.0. The number of hydrogen-bond donors (Lipinski definition) is 2. The smallest absolute Gasteiger partial charge is 0.347 e. The molecule has 19 heavy (non-hydrogen) atoms. The maximum absolute atomic E-state index is 13.5. The van der Waals surface area contributed by atoms with Gasteiger partial charge in [0.2, 0.25) is 0 Å². The first-order valence-electron chi connectivity index (χ1n) is 5.69. The first kappa shape index (κ1) is 13.5. The predicted molar refractivity (Wildman–Crippen MR) is 72.2 cm³/mol. The second-order valence-corrected chi connectivity index (χ2v) is 5.24. The third kappa shape index (κ3) is 3.08. The molecule has 1 atom stereocenters. The number of rotatable bonds is 4. The molecule has 0 aliphatic heterocycles. The maximum atomic E-state index is 13.5. The molecule has 2 N–H and O–H groups in total. The van der Waals surface area contributed by atoms with Crippen molar-refractivity contribution in [3.63, 3.8) is 0 Å². The monoisotopic (exact) mass is 280 g/mol. The average Bonchev–Trinajstić information content (AvgIpc) is 2.81. The molecule has 0 spiro atoms. The van der Waals surface area contributed by atoms with E-state index >= 15 is 0 Å². The van der Waals surface area contributed by atoms with Crippen molar-refractivity contribution in [1.29, 1.82) is 0 Å². The first-order valence-corrected chi connectivity index (χ1v) is 6.50. The predicted octanol–water partition coefficient (Wildman–Crippen LogP) is 3.46. The lowest BCUT2D eigenvalue weighted by Crippen LogP contribution is -2.06. The molecular formula is C13H13FN2O2S. The van der Waals surface area contributed by atoms with Crippen LogP contribution in [-0.2, 0) is 0 Å². The standard InChI is InChI=1S/C13H13FN2O2S/c1-7-3-4-9(5-10(7)14)8(2)16-13-15-6-11(19-13)12(17)18/h3-6,8H,1-2H3,(H,15,16)(H,17,18). The van der Waals surface area contributed by atoms with Crippen LogP contribution >= 0.6 is 11.3 Å². The van der Waals surface area contributed by atoms with Crippen molar-refractivity contribution in [3.05, 3.63) is 46.2 Å². The van der Waals surface area contributed by atoms with Gasteiger partial charge in [-0.05, 0) is 31.0 Å². The van der Waals surface area contributed by atoms with E-state index in [0.717, 1.165) is 16.9 Å². The minimum Gasteiger partial charge on any atom is -0.477 e. The minimum absolute atomic E-state index is 0.150. The number of carboxylic acid groups (broad SMARTS) is 1. The van der Waals surface area contributed by atoms with E-state index in [2.05, 4.69) is 10.3 Å². The van der Waals surface area contributed by atoms with Gasteiger partial charge in [-0.3, -0.25) is 0 Å². The fraction of sp³-hybridized carbons (Fsp3) is 0.231. The second-order valence-electron chi connectivity index (χ2n) is 4.21. The molecule has 100 valence electrons. The van der Waals surface area contributed by atoms with E-state index in [1.54, 1.807) is 13.0 Å². The molecule has 4 nitrogen and oxygen atoms in total. The van der Waals surface area contributed by atoms with Gasteiger partial charge in [-0.2, -0.15) is 0 Å². The quantitative estimate of drug-likeness (QED) is 0.900. The van der Waals surface area contributed by atoms with E-state index in [1.165, 1.54) is 12.3 Å². The van der Waals surface area contributed by atoms with E-state index < -0.39 is 5.97 Å². The molecule has 2 rings (SSSR count). The number of nitrogens with zero attached hydrogens (tertiary/aromatic N) is 1. The van der Waals surface area contributed by atoms with Gasteiger partial charge in [0.05, 0.1) is 12.2 Å². The highest BCUT2D eigenvalue weighted by Crippen LogP contribution is 2.24. The highest BCUT2D eigenvalue weighted by molar-refractivity contribution is 7.17. The third-order valence-electron chi connectivity index (χ3n) is 2.75. The summed E-state index contributed by atoms with van der Waals surface area (Å²) in [6.45, 7) is 3.57. The number of aryl methyl sites for hydroxylation is 1. The molecule has 6 heteroatoms. The minimum atomic E-state index is -1.00. The van der Waals surface area contributed by atoms with Crippen molar-refractivity contribution in [2.24, 2.45) is 0 Å². The number of aromatic carboxylic acids is 1. The summed E-state index contributed by atoms with van der Waals surface area (Å²) >= 11 is 1.06. The van der Waals surface area contributed by atoms with E-state index in [-0.39, 0.29) is 16.7 Å². The van der Waals surface area contributed by atoms with Crippen LogP contribution < -0.4 is 5.32 Å².